The monoisotopic (exact) mass is 627 g/mol. The first-order valence-corrected chi connectivity index (χ1v) is 14.5. The van der Waals surface area contributed by atoms with E-state index < -0.39 is 67.6 Å². The number of halogens is 7. The van der Waals surface area contributed by atoms with E-state index in [1.807, 2.05) is 0 Å². The Morgan fingerprint density at radius 1 is 1.06 bits per heavy atom. The van der Waals surface area contributed by atoms with Crippen molar-refractivity contribution in [3.05, 3.63) is 80.1 Å². The Morgan fingerprint density at radius 2 is 1.69 bits per heavy atom. The number of hydrogen-bond acceptors (Lipinski definition) is 4. The number of amides is 1. The van der Waals surface area contributed by atoms with E-state index in [1.165, 1.54) is 36.4 Å². The molecule has 0 atom stereocenters. The van der Waals surface area contributed by atoms with Gasteiger partial charge in [-0.3, -0.25) is 0 Å². The first kappa shape index (κ1) is 27.5. The summed E-state index contributed by atoms with van der Waals surface area (Å²) >= 11 is -2.54. The van der Waals surface area contributed by atoms with Crippen LogP contribution in [0.1, 0.15) is 27.9 Å². The van der Waals surface area contributed by atoms with Crippen molar-refractivity contribution in [3.63, 3.8) is 0 Å². The number of nitrogens with one attached hydrogen (secondary N) is 1. The van der Waals surface area contributed by atoms with E-state index in [0.29, 0.717) is 8.58 Å². The number of aromatic carboxylic acids is 1. The molecule has 0 aromatic heterocycles. The summed E-state index contributed by atoms with van der Waals surface area (Å²) in [7, 11) is 1.02. The Hall–Kier alpha value is -3.10. The van der Waals surface area contributed by atoms with E-state index in [4.69, 9.17) is 5.11 Å². The third-order valence-corrected chi connectivity index (χ3v) is 9.02. The van der Waals surface area contributed by atoms with Crippen LogP contribution < -0.4 is 3.53 Å². The minimum absolute atomic E-state index is 0.0285. The number of nitrogens with zero attached hydrogens (tertiary/aromatic N) is 2. The van der Waals surface area contributed by atoms with E-state index in [-0.39, 0.29) is 23.3 Å². The average molecular weight is 627 g/mol. The molecule has 13 heteroatoms. The second-order valence-corrected chi connectivity index (χ2v) is 12.3. The molecule has 0 aliphatic carbocycles. The third-order valence-electron chi connectivity index (χ3n) is 5.13. The zero-order valence-corrected chi connectivity index (χ0v) is 21.0. The Labute approximate surface area is 209 Å². The van der Waals surface area contributed by atoms with Crippen molar-refractivity contribution in [2.45, 2.75) is 25.2 Å². The van der Waals surface area contributed by atoms with Gasteiger partial charge in [0, 0.05) is 0 Å². The van der Waals surface area contributed by atoms with Gasteiger partial charge in [0.1, 0.15) is 0 Å². The Morgan fingerprint density at radius 3 is 2.25 bits per heavy atom. The molecule has 2 aromatic carbocycles. The number of allylic oxidation sites excluding steroid dienone is 1. The number of benzene rings is 2. The Balaban J connectivity index is 1.85. The first-order valence-electron chi connectivity index (χ1n) is 10.2. The van der Waals surface area contributed by atoms with Gasteiger partial charge in [-0.2, -0.15) is 0 Å². The minimum atomic E-state index is -4.90. The summed E-state index contributed by atoms with van der Waals surface area (Å²) in [6.07, 6.45) is -10.2. The van der Waals surface area contributed by atoms with Crippen molar-refractivity contribution in [2.24, 2.45) is 5.10 Å². The van der Waals surface area contributed by atoms with Crippen LogP contribution >= 0.6 is 20.1 Å². The van der Waals surface area contributed by atoms with Gasteiger partial charge in [-0.05, 0) is 0 Å². The molecule has 0 fully saturated rings. The van der Waals surface area contributed by atoms with Crippen molar-refractivity contribution >= 4 is 37.7 Å². The summed E-state index contributed by atoms with van der Waals surface area (Å²) < 4.78 is 83.8. The number of carbonyl (C=O) groups is 2. The molecule has 0 bridgehead atoms. The number of carbonyl (C=O) groups excluding carboxylic acids is 1. The molecule has 1 amide bonds. The molecule has 3 rings (SSSR count). The van der Waals surface area contributed by atoms with E-state index in [2.05, 4.69) is 8.63 Å². The van der Waals surface area contributed by atoms with Crippen LogP contribution in [-0.2, 0) is 17.4 Å². The fraction of sp³-hybridized carbons (Fsp3) is 0.261. The van der Waals surface area contributed by atoms with Crippen LogP contribution in [0.15, 0.2) is 64.9 Å². The molecule has 194 valence electrons. The van der Waals surface area contributed by atoms with Crippen LogP contribution in [-0.4, -0.2) is 45.9 Å². The fourth-order valence-electron chi connectivity index (χ4n) is 3.54. The van der Waals surface area contributed by atoms with Crippen LogP contribution in [0.2, 0.25) is 0 Å². The van der Waals surface area contributed by atoms with Gasteiger partial charge in [-0.25, -0.2) is 0 Å². The maximum atomic E-state index is 13.8. The summed E-state index contributed by atoms with van der Waals surface area (Å²) in [6.45, 7) is 0. The molecule has 0 unspecified atom stereocenters. The molecule has 0 saturated carbocycles. The molecule has 0 spiro atoms. The van der Waals surface area contributed by atoms with Gasteiger partial charge in [0.25, 0.3) is 0 Å². The van der Waals surface area contributed by atoms with Crippen LogP contribution in [0.5, 0.6) is 0 Å². The van der Waals surface area contributed by atoms with Crippen molar-refractivity contribution in [1.29, 1.82) is 0 Å². The topological polar surface area (TPSA) is 82.0 Å². The van der Waals surface area contributed by atoms with Gasteiger partial charge in [-0.15, -0.1) is 0 Å². The summed E-state index contributed by atoms with van der Waals surface area (Å²) in [5.74, 6) is -2.10. The summed E-state index contributed by atoms with van der Waals surface area (Å²) in [5.41, 5.74) is -2.43. The zero-order chi connectivity index (χ0) is 26.8. The number of carboxylic acids is 1. The predicted molar refractivity (Wildman–Crippen MR) is 128 cm³/mol. The molecule has 36 heavy (non-hydrogen) atoms. The van der Waals surface area contributed by atoms with E-state index in [0.717, 1.165) is 19.2 Å². The fourth-order valence-corrected chi connectivity index (χ4v) is 6.35. The molecular formula is C23H20F6IN3O3. The molecule has 0 saturated heterocycles. The second-order valence-electron chi connectivity index (χ2n) is 7.77. The SMILES string of the molecule is CN1N=C(Cc2cccc(C(F)(F)F)c2)CC(C(=O)NI(C)c2ccc(C(=O)O)cc2)=C1C(F)(F)F. The van der Waals surface area contributed by atoms with Crippen molar-refractivity contribution < 1.29 is 41.0 Å². The normalized spacial score (nSPS) is 14.9. The van der Waals surface area contributed by atoms with E-state index in [1.54, 1.807) is 4.93 Å². The standard InChI is InChI=1S/C23H20F6IN3O3/c1-30(16-8-6-14(7-9-16)21(35)36)31-20(34)18-12-17(32-33(2)19(18)23(27,28)29)11-13-4-3-5-15(10-13)22(24,25)26/h3-10H,11-12H2,1-2H3,(H,31,34)(H,35,36). The zero-order valence-electron chi connectivity index (χ0n) is 18.8. The van der Waals surface area contributed by atoms with E-state index >= 15 is 0 Å². The molecular weight excluding hydrogens is 607 g/mol. The summed E-state index contributed by atoms with van der Waals surface area (Å²) in [5, 5.41) is 13.4. The molecule has 6 nitrogen and oxygen atoms in total. The van der Waals surface area contributed by atoms with Gasteiger partial charge in [0.2, 0.25) is 0 Å². The average Bonchev–Trinajstić information content (AvgIpc) is 2.77. The summed E-state index contributed by atoms with van der Waals surface area (Å²) in [4.78, 5) is 25.7. The molecule has 1 aliphatic heterocycles. The van der Waals surface area contributed by atoms with Gasteiger partial charge in [0.15, 0.2) is 0 Å². The van der Waals surface area contributed by atoms with Gasteiger partial charge >= 0.3 is 210 Å². The van der Waals surface area contributed by atoms with Crippen molar-refractivity contribution in [1.82, 2.24) is 8.54 Å². The maximum absolute atomic E-state index is 13.8. The van der Waals surface area contributed by atoms with Crippen LogP contribution in [0.25, 0.3) is 0 Å². The van der Waals surface area contributed by atoms with Crippen LogP contribution in [0, 0.1) is 3.57 Å². The molecule has 2 aromatic rings. The quantitative estimate of drug-likeness (QED) is 0.192. The molecule has 1 heterocycles. The third kappa shape index (κ3) is 6.56. The van der Waals surface area contributed by atoms with Gasteiger partial charge in [-0.1, -0.05) is 0 Å². The number of rotatable bonds is 6. The molecule has 1 aliphatic rings. The number of alkyl halides is 7. The first-order chi connectivity index (χ1) is 16.7. The number of hydrazone groups is 1. The number of hydrogen-bond donors (Lipinski definition) is 2. The van der Waals surface area contributed by atoms with E-state index in [9.17, 15) is 35.9 Å². The summed E-state index contributed by atoms with van der Waals surface area (Å²) in [6, 6.07) is 10.0. The Bertz CT molecular complexity index is 1220. The predicted octanol–water partition coefficient (Wildman–Crippen LogP) is 5.49. The van der Waals surface area contributed by atoms with Gasteiger partial charge < -0.3 is 0 Å². The van der Waals surface area contributed by atoms with Crippen molar-refractivity contribution in [2.75, 3.05) is 12.0 Å². The second kappa shape index (κ2) is 10.5. The number of carboxylic acid groups (broad SMARTS) is 1. The van der Waals surface area contributed by atoms with Crippen LogP contribution in [0.4, 0.5) is 26.3 Å². The van der Waals surface area contributed by atoms with Crippen molar-refractivity contribution in [3.8, 4) is 0 Å². The Kier molecular flexibility index (Phi) is 8.00. The molecule has 2 N–H and O–H groups in total. The molecule has 0 radical (unpaired) electrons. The van der Waals surface area contributed by atoms with Gasteiger partial charge in [0.05, 0.1) is 0 Å². The van der Waals surface area contributed by atoms with Crippen LogP contribution in [0.3, 0.4) is 0 Å².